The lowest BCUT2D eigenvalue weighted by Gasteiger charge is -1.85. The van der Waals surface area contributed by atoms with E-state index in [0.29, 0.717) is 5.04 Å². The SMILES string of the molecule is C.CCSC(C)=N. The molecule has 0 amide bonds. The minimum atomic E-state index is 0. The van der Waals surface area contributed by atoms with Gasteiger partial charge in [0.1, 0.15) is 0 Å². The van der Waals surface area contributed by atoms with Crippen molar-refractivity contribution in [3.8, 4) is 0 Å². The average Bonchev–Trinajstić information content (AvgIpc) is 1.35. The Morgan fingerprint density at radius 3 is 2.14 bits per heavy atom. The molecule has 0 aliphatic rings. The van der Waals surface area contributed by atoms with E-state index in [1.54, 1.807) is 18.7 Å². The summed E-state index contributed by atoms with van der Waals surface area (Å²) in [4.78, 5) is 0. The lowest BCUT2D eigenvalue weighted by atomic mass is 10.9. The monoisotopic (exact) mass is 119 g/mol. The van der Waals surface area contributed by atoms with Gasteiger partial charge in [-0.25, -0.2) is 0 Å². The topological polar surface area (TPSA) is 23.9 Å². The van der Waals surface area contributed by atoms with E-state index >= 15 is 0 Å². The molecule has 0 unspecified atom stereocenters. The van der Waals surface area contributed by atoms with Gasteiger partial charge in [-0.15, -0.1) is 11.8 Å². The van der Waals surface area contributed by atoms with Crippen LogP contribution < -0.4 is 0 Å². The number of hydrogen-bond acceptors (Lipinski definition) is 2. The molecule has 1 N–H and O–H groups in total. The molecule has 0 aliphatic heterocycles. The molecular weight excluding hydrogens is 106 g/mol. The van der Waals surface area contributed by atoms with Crippen molar-refractivity contribution in [1.82, 2.24) is 0 Å². The van der Waals surface area contributed by atoms with Gasteiger partial charge in [-0.3, -0.25) is 5.41 Å². The van der Waals surface area contributed by atoms with Gasteiger partial charge >= 0.3 is 0 Å². The van der Waals surface area contributed by atoms with Gasteiger partial charge in [-0.05, 0) is 12.7 Å². The zero-order chi connectivity index (χ0) is 4.99. The second-order valence-corrected chi connectivity index (χ2v) is 2.47. The Bertz CT molecular complexity index is 52.0. The molecule has 2 heteroatoms. The molecule has 0 aromatic rings. The molecule has 0 aromatic heterocycles. The van der Waals surface area contributed by atoms with Crippen LogP contribution in [0.2, 0.25) is 0 Å². The van der Waals surface area contributed by atoms with Crippen molar-refractivity contribution >= 4 is 16.8 Å². The second kappa shape index (κ2) is 6.02. The number of hydrogen-bond donors (Lipinski definition) is 1. The molecule has 7 heavy (non-hydrogen) atoms. The molecule has 44 valence electrons. The molecule has 0 saturated heterocycles. The van der Waals surface area contributed by atoms with Gasteiger partial charge in [-0.2, -0.15) is 0 Å². The van der Waals surface area contributed by atoms with Crippen LogP contribution in [-0.4, -0.2) is 10.8 Å². The first-order chi connectivity index (χ1) is 2.77. The molecule has 0 spiro atoms. The predicted molar refractivity (Wildman–Crippen MR) is 38.3 cm³/mol. The maximum absolute atomic E-state index is 6.86. The molecule has 0 bridgehead atoms. The van der Waals surface area contributed by atoms with Crippen LogP contribution in [0, 0.1) is 5.41 Å². The third-order valence-electron chi connectivity index (χ3n) is 0.361. The Kier molecular flexibility index (Phi) is 8.68. The van der Waals surface area contributed by atoms with Crippen molar-refractivity contribution in [1.29, 1.82) is 5.41 Å². The zero-order valence-electron chi connectivity index (χ0n) is 4.12. The standard InChI is InChI=1S/C4H9NS.CH4/c1-3-6-4(2)5;/h5H,3H2,1-2H3;1H4. The summed E-state index contributed by atoms with van der Waals surface area (Å²) in [6.07, 6.45) is 0. The summed E-state index contributed by atoms with van der Waals surface area (Å²) in [5, 5.41) is 7.56. The van der Waals surface area contributed by atoms with E-state index in [1.807, 2.05) is 6.92 Å². The van der Waals surface area contributed by atoms with E-state index in [-0.39, 0.29) is 7.43 Å². The van der Waals surface area contributed by atoms with Crippen LogP contribution in [0.5, 0.6) is 0 Å². The Morgan fingerprint density at radius 2 is 2.14 bits per heavy atom. The molecule has 1 nitrogen and oxygen atoms in total. The van der Waals surface area contributed by atoms with Crippen LogP contribution in [-0.2, 0) is 0 Å². The van der Waals surface area contributed by atoms with Crippen molar-refractivity contribution in [2.75, 3.05) is 5.75 Å². The highest BCUT2D eigenvalue weighted by atomic mass is 32.2. The van der Waals surface area contributed by atoms with Crippen molar-refractivity contribution < 1.29 is 0 Å². The molecule has 0 fully saturated rings. The minimum Gasteiger partial charge on any atom is -0.299 e. The quantitative estimate of drug-likeness (QED) is 0.416. The summed E-state index contributed by atoms with van der Waals surface area (Å²) < 4.78 is 0. The summed E-state index contributed by atoms with van der Waals surface area (Å²) in [5.41, 5.74) is 0. The highest BCUT2D eigenvalue weighted by Gasteiger charge is 1.78. The Labute approximate surface area is 50.0 Å². The highest BCUT2D eigenvalue weighted by Crippen LogP contribution is 1.97. The van der Waals surface area contributed by atoms with Crippen LogP contribution >= 0.6 is 11.8 Å². The van der Waals surface area contributed by atoms with Crippen LogP contribution in [0.1, 0.15) is 21.3 Å². The van der Waals surface area contributed by atoms with E-state index in [4.69, 9.17) is 5.41 Å². The maximum atomic E-state index is 6.86. The molecule has 0 radical (unpaired) electrons. The first-order valence-corrected chi connectivity index (χ1v) is 2.94. The predicted octanol–water partition coefficient (Wildman–Crippen LogP) is 2.37. The summed E-state index contributed by atoms with van der Waals surface area (Å²) in [6.45, 7) is 3.84. The average molecular weight is 119 g/mol. The summed E-state index contributed by atoms with van der Waals surface area (Å²) in [7, 11) is 0. The van der Waals surface area contributed by atoms with Crippen LogP contribution in [0.25, 0.3) is 0 Å². The first kappa shape index (κ1) is 10.1. The number of rotatable bonds is 1. The van der Waals surface area contributed by atoms with Gasteiger partial charge in [0, 0.05) is 0 Å². The molecule has 0 heterocycles. The van der Waals surface area contributed by atoms with Gasteiger partial charge in [0.05, 0.1) is 5.04 Å². The van der Waals surface area contributed by atoms with Crippen LogP contribution in [0.4, 0.5) is 0 Å². The molecular formula is C5H13NS. The molecule has 0 saturated carbocycles. The Morgan fingerprint density at radius 1 is 1.71 bits per heavy atom. The third-order valence-corrected chi connectivity index (χ3v) is 1.08. The minimum absolute atomic E-state index is 0. The lowest BCUT2D eigenvalue weighted by Crippen LogP contribution is -1.76. The Hall–Kier alpha value is 0.0200. The normalized spacial score (nSPS) is 7.14. The highest BCUT2D eigenvalue weighted by molar-refractivity contribution is 8.13. The molecule has 0 rings (SSSR count). The van der Waals surface area contributed by atoms with E-state index < -0.39 is 0 Å². The number of nitrogens with one attached hydrogen (secondary N) is 1. The van der Waals surface area contributed by atoms with Crippen molar-refractivity contribution in [3.63, 3.8) is 0 Å². The largest absolute Gasteiger partial charge is 0.299 e. The summed E-state index contributed by atoms with van der Waals surface area (Å²) >= 11 is 1.57. The first-order valence-electron chi connectivity index (χ1n) is 1.95. The van der Waals surface area contributed by atoms with Gasteiger partial charge in [0.2, 0.25) is 0 Å². The van der Waals surface area contributed by atoms with Crippen LogP contribution in [0.15, 0.2) is 0 Å². The van der Waals surface area contributed by atoms with Crippen molar-refractivity contribution in [3.05, 3.63) is 0 Å². The fraction of sp³-hybridized carbons (Fsp3) is 0.800. The fourth-order valence-corrected chi connectivity index (χ4v) is 0.650. The molecule has 0 atom stereocenters. The van der Waals surface area contributed by atoms with Crippen molar-refractivity contribution in [2.24, 2.45) is 0 Å². The second-order valence-electron chi connectivity index (χ2n) is 0.989. The van der Waals surface area contributed by atoms with Gasteiger partial charge in [-0.1, -0.05) is 14.4 Å². The summed E-state index contributed by atoms with van der Waals surface area (Å²) in [6, 6.07) is 0. The lowest BCUT2D eigenvalue weighted by molar-refractivity contribution is 1.51. The van der Waals surface area contributed by atoms with E-state index in [9.17, 15) is 0 Å². The molecule has 0 aliphatic carbocycles. The number of thioether (sulfide) groups is 1. The third kappa shape index (κ3) is 10.7. The zero-order valence-corrected chi connectivity index (χ0v) is 4.93. The maximum Gasteiger partial charge on any atom is 0.0610 e. The van der Waals surface area contributed by atoms with Crippen molar-refractivity contribution in [2.45, 2.75) is 21.3 Å². The van der Waals surface area contributed by atoms with E-state index in [1.165, 1.54) is 0 Å². The molecule has 0 aromatic carbocycles. The van der Waals surface area contributed by atoms with E-state index in [0.717, 1.165) is 5.75 Å². The summed E-state index contributed by atoms with van der Waals surface area (Å²) in [5.74, 6) is 1.02. The van der Waals surface area contributed by atoms with Gasteiger partial charge < -0.3 is 0 Å². The Balaban J connectivity index is 0. The van der Waals surface area contributed by atoms with Crippen LogP contribution in [0.3, 0.4) is 0 Å². The smallest absolute Gasteiger partial charge is 0.0610 e. The van der Waals surface area contributed by atoms with Gasteiger partial charge in [0.25, 0.3) is 0 Å². The van der Waals surface area contributed by atoms with Gasteiger partial charge in [0.15, 0.2) is 0 Å². The fourth-order valence-electron chi connectivity index (χ4n) is 0.217. The van der Waals surface area contributed by atoms with E-state index in [2.05, 4.69) is 0 Å².